The third kappa shape index (κ3) is 2.06. The topological polar surface area (TPSA) is 80.3 Å². The van der Waals surface area contributed by atoms with E-state index in [1.807, 2.05) is 35.3 Å². The van der Waals surface area contributed by atoms with Crippen molar-refractivity contribution in [3.05, 3.63) is 36.8 Å². The minimum atomic E-state index is 0.361. The Labute approximate surface area is 149 Å². The number of anilines is 2. The third-order valence-electron chi connectivity index (χ3n) is 5.16. The van der Waals surface area contributed by atoms with Crippen LogP contribution in [0.4, 0.5) is 11.6 Å². The van der Waals surface area contributed by atoms with Gasteiger partial charge in [-0.1, -0.05) is 0 Å². The van der Waals surface area contributed by atoms with Gasteiger partial charge in [-0.2, -0.15) is 0 Å². The fourth-order valence-corrected chi connectivity index (χ4v) is 3.54. The fraction of sp³-hybridized carbons (Fsp3) is 0.353. The predicted octanol–water partition coefficient (Wildman–Crippen LogP) is 1.04. The molecule has 9 heteroatoms. The number of hydrogen-bond donors (Lipinski definition) is 0. The van der Waals surface area contributed by atoms with Crippen LogP contribution in [0.25, 0.3) is 16.7 Å². The Kier molecular flexibility index (Phi) is 3.12. The van der Waals surface area contributed by atoms with Crippen molar-refractivity contribution in [1.29, 1.82) is 0 Å². The summed E-state index contributed by atoms with van der Waals surface area (Å²) in [6, 6.07) is 2.43. The van der Waals surface area contributed by atoms with Crippen molar-refractivity contribution in [3.8, 4) is 0 Å². The molecule has 9 nitrogen and oxygen atoms in total. The van der Waals surface area contributed by atoms with Crippen LogP contribution >= 0.6 is 0 Å². The van der Waals surface area contributed by atoms with E-state index in [0.717, 1.165) is 47.2 Å². The molecule has 0 aliphatic carbocycles. The van der Waals surface area contributed by atoms with Crippen molar-refractivity contribution in [2.45, 2.75) is 13.0 Å². The highest BCUT2D eigenvalue weighted by molar-refractivity contribution is 5.88. The van der Waals surface area contributed by atoms with Crippen molar-refractivity contribution in [2.75, 3.05) is 29.9 Å². The first kappa shape index (κ1) is 15.1. The van der Waals surface area contributed by atoms with Gasteiger partial charge in [-0.3, -0.25) is 4.40 Å². The van der Waals surface area contributed by atoms with Crippen LogP contribution in [0, 0.1) is 6.92 Å². The van der Waals surface area contributed by atoms with Gasteiger partial charge in [0.15, 0.2) is 5.82 Å². The molecular formula is C17H19N9. The second-order valence-electron chi connectivity index (χ2n) is 6.72. The number of aromatic nitrogens is 7. The number of aryl methyl sites for hydroxylation is 2. The molecule has 132 valence electrons. The lowest BCUT2D eigenvalue weighted by atomic mass is 10.1. The Balaban J connectivity index is 1.40. The summed E-state index contributed by atoms with van der Waals surface area (Å²) in [5.74, 6) is 2.71. The smallest absolute Gasteiger partial charge is 0.203 e. The molecule has 0 N–H and O–H groups in total. The Morgan fingerprint density at radius 3 is 2.77 bits per heavy atom. The minimum absolute atomic E-state index is 0.361. The molecule has 5 rings (SSSR count). The van der Waals surface area contributed by atoms with E-state index in [4.69, 9.17) is 0 Å². The number of rotatable bonds is 3. The van der Waals surface area contributed by atoms with Crippen molar-refractivity contribution < 1.29 is 0 Å². The second kappa shape index (κ2) is 5.38. The van der Waals surface area contributed by atoms with Gasteiger partial charge < -0.3 is 14.4 Å². The van der Waals surface area contributed by atoms with Crippen LogP contribution in [0.1, 0.15) is 5.82 Å². The molecule has 0 aromatic carbocycles. The second-order valence-corrected chi connectivity index (χ2v) is 6.72. The minimum Gasteiger partial charge on any atom is -0.352 e. The highest BCUT2D eigenvalue weighted by Gasteiger charge is 2.34. The zero-order valence-electron chi connectivity index (χ0n) is 14.9. The molecule has 0 bridgehead atoms. The average Bonchev–Trinajstić information content (AvgIpc) is 3.18. The number of hydrogen-bond acceptors (Lipinski definition) is 7. The van der Waals surface area contributed by atoms with Gasteiger partial charge in [0.2, 0.25) is 5.65 Å². The molecule has 0 amide bonds. The number of likely N-dealkylation sites (N-methyl/N-ethyl adjacent to an activating group) is 1. The van der Waals surface area contributed by atoms with Crippen molar-refractivity contribution in [1.82, 2.24) is 34.1 Å². The van der Waals surface area contributed by atoms with Gasteiger partial charge in [0.05, 0.1) is 11.4 Å². The Morgan fingerprint density at radius 2 is 1.92 bits per heavy atom. The van der Waals surface area contributed by atoms with E-state index >= 15 is 0 Å². The van der Waals surface area contributed by atoms with E-state index in [2.05, 4.69) is 48.1 Å². The van der Waals surface area contributed by atoms with Crippen LogP contribution in [0.3, 0.4) is 0 Å². The van der Waals surface area contributed by atoms with E-state index < -0.39 is 0 Å². The molecule has 4 aromatic heterocycles. The molecule has 0 spiro atoms. The lowest BCUT2D eigenvalue weighted by Crippen LogP contribution is -2.59. The molecule has 0 saturated carbocycles. The predicted molar refractivity (Wildman–Crippen MR) is 98.4 cm³/mol. The van der Waals surface area contributed by atoms with Crippen LogP contribution in [0.5, 0.6) is 0 Å². The van der Waals surface area contributed by atoms with Crippen molar-refractivity contribution in [3.63, 3.8) is 0 Å². The maximum atomic E-state index is 4.52. The largest absolute Gasteiger partial charge is 0.352 e. The van der Waals surface area contributed by atoms with Gasteiger partial charge in [0.25, 0.3) is 0 Å². The molecule has 1 aliphatic rings. The summed E-state index contributed by atoms with van der Waals surface area (Å²) in [4.78, 5) is 17.9. The van der Waals surface area contributed by atoms with Crippen LogP contribution in [-0.2, 0) is 7.05 Å². The first-order valence-electron chi connectivity index (χ1n) is 8.53. The standard InChI is InChI=1S/C17H19N9/c1-11-21-22-17-16(18-5-7-26(11)17)25-8-12(9-25)24(3)15-13-4-6-23(2)14(13)19-10-20-15/h4-7,10,12H,8-9H2,1-3H3. The average molecular weight is 349 g/mol. The summed E-state index contributed by atoms with van der Waals surface area (Å²) in [5, 5.41) is 9.49. The highest BCUT2D eigenvalue weighted by Crippen LogP contribution is 2.29. The third-order valence-corrected chi connectivity index (χ3v) is 5.16. The molecule has 1 aliphatic heterocycles. The van der Waals surface area contributed by atoms with Gasteiger partial charge in [0, 0.05) is 45.8 Å². The van der Waals surface area contributed by atoms with Crippen LogP contribution < -0.4 is 9.80 Å². The Morgan fingerprint density at radius 1 is 1.08 bits per heavy atom. The number of fused-ring (bicyclic) bond motifs is 2. The Bertz CT molecular complexity index is 1110. The van der Waals surface area contributed by atoms with Crippen molar-refractivity contribution >= 4 is 28.3 Å². The van der Waals surface area contributed by atoms with Crippen LogP contribution in [0.2, 0.25) is 0 Å². The maximum Gasteiger partial charge on any atom is 0.203 e. The van der Waals surface area contributed by atoms with Gasteiger partial charge in [-0.15, -0.1) is 10.2 Å². The lowest BCUT2D eigenvalue weighted by molar-refractivity contribution is 0.491. The molecule has 1 saturated heterocycles. The monoisotopic (exact) mass is 349 g/mol. The van der Waals surface area contributed by atoms with Crippen LogP contribution in [0.15, 0.2) is 31.0 Å². The van der Waals surface area contributed by atoms with Crippen LogP contribution in [-0.4, -0.2) is 60.3 Å². The SMILES string of the molecule is Cc1nnc2c(N3CC(N(C)c4ncnc5c4ccn5C)C3)nccn12. The normalized spacial score (nSPS) is 15.0. The van der Waals surface area contributed by atoms with Gasteiger partial charge in [-0.25, -0.2) is 15.0 Å². The van der Waals surface area contributed by atoms with E-state index in [0.29, 0.717) is 6.04 Å². The zero-order chi connectivity index (χ0) is 17.8. The van der Waals surface area contributed by atoms with Gasteiger partial charge in [-0.05, 0) is 13.0 Å². The first-order valence-corrected chi connectivity index (χ1v) is 8.53. The molecule has 4 aromatic rings. The number of nitrogens with zero attached hydrogens (tertiary/aromatic N) is 9. The first-order chi connectivity index (χ1) is 12.6. The van der Waals surface area contributed by atoms with E-state index in [-0.39, 0.29) is 0 Å². The summed E-state index contributed by atoms with van der Waals surface area (Å²) in [7, 11) is 4.09. The lowest BCUT2D eigenvalue weighted by Gasteiger charge is -2.45. The van der Waals surface area contributed by atoms with E-state index in [1.54, 1.807) is 12.5 Å². The highest BCUT2D eigenvalue weighted by atomic mass is 15.4. The summed E-state index contributed by atoms with van der Waals surface area (Å²) >= 11 is 0. The summed E-state index contributed by atoms with van der Waals surface area (Å²) < 4.78 is 3.98. The molecule has 0 unspecified atom stereocenters. The van der Waals surface area contributed by atoms with E-state index in [1.165, 1.54) is 0 Å². The zero-order valence-corrected chi connectivity index (χ0v) is 14.9. The van der Waals surface area contributed by atoms with E-state index in [9.17, 15) is 0 Å². The molecule has 1 fully saturated rings. The molecule has 5 heterocycles. The summed E-state index contributed by atoms with van der Waals surface area (Å²) in [5.41, 5.74) is 1.75. The quantitative estimate of drug-likeness (QED) is 0.547. The van der Waals surface area contributed by atoms with Gasteiger partial charge in [0.1, 0.15) is 23.6 Å². The fourth-order valence-electron chi connectivity index (χ4n) is 3.54. The molecule has 26 heavy (non-hydrogen) atoms. The van der Waals surface area contributed by atoms with Gasteiger partial charge >= 0.3 is 0 Å². The summed E-state index contributed by atoms with van der Waals surface area (Å²) in [6.07, 6.45) is 7.34. The Hall–Kier alpha value is -3.23. The summed E-state index contributed by atoms with van der Waals surface area (Å²) in [6.45, 7) is 3.68. The molecule has 0 radical (unpaired) electrons. The molecular weight excluding hydrogens is 330 g/mol. The maximum absolute atomic E-state index is 4.52. The molecule has 0 atom stereocenters. The van der Waals surface area contributed by atoms with Crippen molar-refractivity contribution in [2.24, 2.45) is 7.05 Å².